The first-order valence-corrected chi connectivity index (χ1v) is 8.93. The van der Waals surface area contributed by atoms with Gasteiger partial charge in [0.15, 0.2) is 0 Å². The van der Waals surface area contributed by atoms with Gasteiger partial charge in [-0.15, -0.1) is 0 Å². The third-order valence-corrected chi connectivity index (χ3v) is 4.17. The standard InChI is InChI=1S/C20H20ClFN4O/c1-12(2)26-19-8-16(17(21)11-24-19)14-7-18(23-10-14)20(27)25-9-13-4-3-5-15(22)6-13/h3-8,10-12,23H,9H2,1-2H3,(H,24,26)(H,25,27). The average Bonchev–Trinajstić information content (AvgIpc) is 3.11. The van der Waals surface area contributed by atoms with Gasteiger partial charge < -0.3 is 15.6 Å². The maximum atomic E-state index is 13.2. The second-order valence-corrected chi connectivity index (χ2v) is 6.87. The molecule has 1 amide bonds. The molecule has 3 aromatic rings. The molecule has 0 aliphatic rings. The van der Waals surface area contributed by atoms with Gasteiger partial charge in [-0.05, 0) is 43.7 Å². The number of pyridine rings is 1. The van der Waals surface area contributed by atoms with Gasteiger partial charge in [-0.25, -0.2) is 9.37 Å². The number of aromatic amines is 1. The fourth-order valence-electron chi connectivity index (χ4n) is 2.64. The molecular formula is C20H20ClFN4O. The van der Waals surface area contributed by atoms with Gasteiger partial charge in [-0.1, -0.05) is 23.7 Å². The van der Waals surface area contributed by atoms with Gasteiger partial charge in [-0.3, -0.25) is 4.79 Å². The molecule has 0 atom stereocenters. The van der Waals surface area contributed by atoms with E-state index in [0.29, 0.717) is 22.1 Å². The summed E-state index contributed by atoms with van der Waals surface area (Å²) >= 11 is 6.27. The SMILES string of the molecule is CC(C)Nc1cc(-c2c[nH]c(C(=O)NCc3cccc(F)c3)c2)c(Cl)cn1. The van der Waals surface area contributed by atoms with E-state index in [0.717, 1.165) is 11.1 Å². The van der Waals surface area contributed by atoms with Crippen LogP contribution in [0.4, 0.5) is 10.2 Å². The maximum Gasteiger partial charge on any atom is 0.267 e. The second kappa shape index (κ2) is 8.22. The zero-order valence-electron chi connectivity index (χ0n) is 15.0. The first-order valence-electron chi connectivity index (χ1n) is 8.56. The van der Waals surface area contributed by atoms with Crippen molar-refractivity contribution in [3.05, 3.63) is 70.9 Å². The molecule has 0 bridgehead atoms. The quantitative estimate of drug-likeness (QED) is 0.579. The Morgan fingerprint density at radius 2 is 2.11 bits per heavy atom. The van der Waals surface area contributed by atoms with Crippen molar-refractivity contribution in [2.75, 3.05) is 5.32 Å². The highest BCUT2D eigenvalue weighted by Crippen LogP contribution is 2.30. The molecule has 27 heavy (non-hydrogen) atoms. The molecular weight excluding hydrogens is 367 g/mol. The van der Waals surface area contributed by atoms with Crippen molar-refractivity contribution >= 4 is 23.3 Å². The van der Waals surface area contributed by atoms with E-state index in [4.69, 9.17) is 11.6 Å². The van der Waals surface area contributed by atoms with Crippen molar-refractivity contribution in [2.45, 2.75) is 26.4 Å². The number of benzene rings is 1. The van der Waals surface area contributed by atoms with Crippen molar-refractivity contribution in [3.8, 4) is 11.1 Å². The van der Waals surface area contributed by atoms with Gasteiger partial charge in [0.1, 0.15) is 17.3 Å². The summed E-state index contributed by atoms with van der Waals surface area (Å²) in [5, 5.41) is 6.49. The lowest BCUT2D eigenvalue weighted by molar-refractivity contribution is 0.0946. The molecule has 2 heterocycles. The smallest absolute Gasteiger partial charge is 0.267 e. The maximum absolute atomic E-state index is 13.2. The molecule has 3 rings (SSSR count). The molecule has 0 spiro atoms. The first kappa shape index (κ1) is 18.9. The number of carbonyl (C=O) groups is 1. The molecule has 0 aliphatic carbocycles. The Hall–Kier alpha value is -2.86. The van der Waals surface area contributed by atoms with Crippen LogP contribution in [-0.4, -0.2) is 21.9 Å². The summed E-state index contributed by atoms with van der Waals surface area (Å²) in [4.78, 5) is 19.6. The average molecular weight is 387 g/mol. The summed E-state index contributed by atoms with van der Waals surface area (Å²) in [6, 6.07) is 9.92. The van der Waals surface area contributed by atoms with Crippen LogP contribution in [0.3, 0.4) is 0 Å². The Labute approximate surface area is 162 Å². The van der Waals surface area contributed by atoms with Gasteiger partial charge >= 0.3 is 0 Å². The van der Waals surface area contributed by atoms with Crippen LogP contribution in [0.1, 0.15) is 29.9 Å². The van der Waals surface area contributed by atoms with Gasteiger partial charge in [-0.2, -0.15) is 0 Å². The Morgan fingerprint density at radius 3 is 2.85 bits per heavy atom. The van der Waals surface area contributed by atoms with E-state index in [1.54, 1.807) is 30.6 Å². The number of aromatic nitrogens is 2. The largest absolute Gasteiger partial charge is 0.368 e. The summed E-state index contributed by atoms with van der Waals surface area (Å²) in [5.41, 5.74) is 2.64. The molecule has 0 aliphatic heterocycles. The first-order chi connectivity index (χ1) is 12.9. The third kappa shape index (κ3) is 4.86. The van der Waals surface area contributed by atoms with Crippen LogP contribution >= 0.6 is 11.6 Å². The minimum atomic E-state index is -0.331. The number of hydrogen-bond acceptors (Lipinski definition) is 3. The Balaban J connectivity index is 1.73. The normalized spacial score (nSPS) is 10.9. The van der Waals surface area contributed by atoms with Crippen molar-refractivity contribution in [1.82, 2.24) is 15.3 Å². The predicted octanol–water partition coefficient (Wildman–Crippen LogP) is 4.62. The molecule has 5 nitrogen and oxygen atoms in total. The highest BCUT2D eigenvalue weighted by Gasteiger charge is 2.13. The molecule has 7 heteroatoms. The summed E-state index contributed by atoms with van der Waals surface area (Å²) in [6.07, 6.45) is 3.30. The van der Waals surface area contributed by atoms with Crippen LogP contribution < -0.4 is 10.6 Å². The summed E-state index contributed by atoms with van der Waals surface area (Å²) < 4.78 is 13.2. The van der Waals surface area contributed by atoms with E-state index < -0.39 is 0 Å². The second-order valence-electron chi connectivity index (χ2n) is 6.46. The number of hydrogen-bond donors (Lipinski definition) is 3. The zero-order chi connectivity index (χ0) is 19.4. The lowest BCUT2D eigenvalue weighted by atomic mass is 10.1. The van der Waals surface area contributed by atoms with Crippen molar-refractivity contribution in [1.29, 1.82) is 0 Å². The number of H-pyrrole nitrogens is 1. The summed E-state index contributed by atoms with van der Waals surface area (Å²) in [6.45, 7) is 4.28. The molecule has 0 unspecified atom stereocenters. The Morgan fingerprint density at radius 1 is 1.30 bits per heavy atom. The Bertz CT molecular complexity index is 955. The van der Waals surface area contributed by atoms with Gasteiger partial charge in [0.2, 0.25) is 0 Å². The number of nitrogens with one attached hydrogen (secondary N) is 3. The van der Waals surface area contributed by atoms with E-state index in [9.17, 15) is 9.18 Å². The van der Waals surface area contributed by atoms with Crippen LogP contribution in [0.5, 0.6) is 0 Å². The van der Waals surface area contributed by atoms with E-state index in [1.165, 1.54) is 12.1 Å². The van der Waals surface area contributed by atoms with Gasteiger partial charge in [0, 0.05) is 36.1 Å². The fraction of sp³-hybridized carbons (Fsp3) is 0.200. The van der Waals surface area contributed by atoms with Crippen LogP contribution in [0.15, 0.2) is 48.8 Å². The van der Waals surface area contributed by atoms with E-state index >= 15 is 0 Å². The minimum absolute atomic E-state index is 0.238. The van der Waals surface area contributed by atoms with Gasteiger partial charge in [0.25, 0.3) is 5.91 Å². The van der Waals surface area contributed by atoms with Crippen molar-refractivity contribution in [2.24, 2.45) is 0 Å². The van der Waals surface area contributed by atoms with Crippen molar-refractivity contribution < 1.29 is 9.18 Å². The van der Waals surface area contributed by atoms with E-state index in [1.807, 2.05) is 19.9 Å². The minimum Gasteiger partial charge on any atom is -0.368 e. The fourth-order valence-corrected chi connectivity index (χ4v) is 2.85. The number of rotatable bonds is 6. The molecule has 3 N–H and O–H groups in total. The molecule has 0 radical (unpaired) electrons. The Kier molecular flexibility index (Phi) is 5.76. The number of nitrogens with zero attached hydrogens (tertiary/aromatic N) is 1. The van der Waals surface area contributed by atoms with Crippen LogP contribution in [0, 0.1) is 5.82 Å². The van der Waals surface area contributed by atoms with Gasteiger partial charge in [0.05, 0.1) is 5.02 Å². The molecule has 0 saturated heterocycles. The molecule has 2 aromatic heterocycles. The molecule has 0 saturated carbocycles. The number of halogens is 2. The predicted molar refractivity (Wildman–Crippen MR) is 105 cm³/mol. The molecule has 0 fully saturated rings. The van der Waals surface area contributed by atoms with Crippen LogP contribution in [0.25, 0.3) is 11.1 Å². The summed E-state index contributed by atoms with van der Waals surface area (Å²) in [7, 11) is 0. The lowest BCUT2D eigenvalue weighted by Crippen LogP contribution is -2.23. The highest BCUT2D eigenvalue weighted by atomic mass is 35.5. The monoisotopic (exact) mass is 386 g/mol. The number of carbonyl (C=O) groups excluding carboxylic acids is 1. The van der Waals surface area contributed by atoms with E-state index in [2.05, 4.69) is 20.6 Å². The van der Waals surface area contributed by atoms with E-state index in [-0.39, 0.29) is 24.3 Å². The van der Waals surface area contributed by atoms with Crippen LogP contribution in [0.2, 0.25) is 5.02 Å². The third-order valence-electron chi connectivity index (χ3n) is 3.87. The number of anilines is 1. The van der Waals surface area contributed by atoms with Crippen molar-refractivity contribution in [3.63, 3.8) is 0 Å². The molecule has 140 valence electrons. The lowest BCUT2D eigenvalue weighted by Gasteiger charge is -2.10. The number of amides is 1. The molecule has 1 aromatic carbocycles. The highest BCUT2D eigenvalue weighted by molar-refractivity contribution is 6.33. The topological polar surface area (TPSA) is 69.8 Å². The zero-order valence-corrected chi connectivity index (χ0v) is 15.8. The van der Waals surface area contributed by atoms with Crippen LogP contribution in [-0.2, 0) is 6.54 Å². The summed E-state index contributed by atoms with van der Waals surface area (Å²) in [5.74, 6) is 0.0981.